The number of pyridine rings is 1. The highest BCUT2D eigenvalue weighted by atomic mass is 32.1. The molecule has 142 valence electrons. The molecule has 0 aliphatic rings. The number of aromatic nitrogens is 3. The average molecular weight is 394 g/mol. The van der Waals surface area contributed by atoms with E-state index in [-0.39, 0.29) is 35.9 Å². The lowest BCUT2D eigenvalue weighted by Crippen LogP contribution is -2.29. The predicted octanol–water partition coefficient (Wildman–Crippen LogP) is 2.60. The normalized spacial score (nSPS) is 10.9. The summed E-state index contributed by atoms with van der Waals surface area (Å²) in [6, 6.07) is 10.9. The Morgan fingerprint density at radius 2 is 2.04 bits per heavy atom. The molecule has 0 saturated carbocycles. The van der Waals surface area contributed by atoms with E-state index in [1.807, 2.05) is 52.5 Å². The zero-order valence-corrected chi connectivity index (χ0v) is 16.0. The van der Waals surface area contributed by atoms with Gasteiger partial charge in [0, 0.05) is 37.1 Å². The number of aryl methyl sites for hydroxylation is 1. The molecule has 7 nitrogen and oxygen atoms in total. The van der Waals surface area contributed by atoms with E-state index in [4.69, 9.17) is 4.74 Å². The highest BCUT2D eigenvalue weighted by Crippen LogP contribution is 2.15. The summed E-state index contributed by atoms with van der Waals surface area (Å²) < 4.78 is 9.22. The molecule has 1 amide bonds. The molecule has 4 rings (SSSR count). The van der Waals surface area contributed by atoms with Gasteiger partial charge in [0.2, 0.25) is 5.43 Å². The maximum Gasteiger partial charge on any atom is 0.272 e. The zero-order valence-electron chi connectivity index (χ0n) is 15.2. The van der Waals surface area contributed by atoms with Crippen molar-refractivity contribution in [2.75, 3.05) is 0 Å². The number of hydrogen-bond acceptors (Lipinski definition) is 5. The summed E-state index contributed by atoms with van der Waals surface area (Å²) in [7, 11) is 1.70. The van der Waals surface area contributed by atoms with Crippen molar-refractivity contribution in [1.82, 2.24) is 19.3 Å². The zero-order chi connectivity index (χ0) is 19.5. The van der Waals surface area contributed by atoms with Gasteiger partial charge in [-0.25, -0.2) is 4.98 Å². The number of imidazole rings is 1. The Morgan fingerprint density at radius 3 is 2.82 bits per heavy atom. The van der Waals surface area contributed by atoms with E-state index < -0.39 is 0 Å². The maximum absolute atomic E-state index is 12.8. The van der Waals surface area contributed by atoms with Gasteiger partial charge < -0.3 is 14.6 Å². The number of carbonyl (C=O) groups is 1. The van der Waals surface area contributed by atoms with E-state index >= 15 is 0 Å². The molecule has 4 aromatic rings. The molecular formula is C20H18N4O3S. The van der Waals surface area contributed by atoms with Crippen molar-refractivity contribution in [2.24, 2.45) is 7.05 Å². The SMILES string of the molecule is Cn1ccc(=O)c(OCc2ccccc2)c1C(=O)NCc1cn2ccsc2n1. The molecular weight excluding hydrogens is 376 g/mol. The first-order valence-corrected chi connectivity index (χ1v) is 9.55. The Bertz CT molecular complexity index is 1150. The molecule has 3 heterocycles. The second-order valence-electron chi connectivity index (χ2n) is 6.25. The summed E-state index contributed by atoms with van der Waals surface area (Å²) in [6.45, 7) is 0.464. The fraction of sp³-hybridized carbons (Fsp3) is 0.150. The van der Waals surface area contributed by atoms with Crippen molar-refractivity contribution in [3.05, 3.63) is 87.5 Å². The molecule has 1 N–H and O–H groups in total. The number of ether oxygens (including phenoxy) is 1. The monoisotopic (exact) mass is 394 g/mol. The number of carbonyl (C=O) groups excluding carboxylic acids is 1. The Kier molecular flexibility index (Phi) is 4.94. The lowest BCUT2D eigenvalue weighted by molar-refractivity contribution is 0.0935. The number of amides is 1. The average Bonchev–Trinajstić information content (AvgIpc) is 3.29. The van der Waals surface area contributed by atoms with Gasteiger partial charge in [0.15, 0.2) is 16.4 Å². The van der Waals surface area contributed by atoms with Gasteiger partial charge in [-0.05, 0) is 5.56 Å². The first-order valence-electron chi connectivity index (χ1n) is 8.67. The van der Waals surface area contributed by atoms with Gasteiger partial charge in [-0.2, -0.15) is 0 Å². The quantitative estimate of drug-likeness (QED) is 0.545. The minimum atomic E-state index is -0.389. The van der Waals surface area contributed by atoms with Crippen molar-refractivity contribution in [2.45, 2.75) is 13.2 Å². The Labute approximate surface area is 164 Å². The van der Waals surface area contributed by atoms with Gasteiger partial charge in [-0.3, -0.25) is 14.0 Å². The smallest absolute Gasteiger partial charge is 0.272 e. The van der Waals surface area contributed by atoms with Gasteiger partial charge in [0.25, 0.3) is 5.91 Å². The third kappa shape index (κ3) is 3.67. The van der Waals surface area contributed by atoms with Crippen molar-refractivity contribution in [3.8, 4) is 5.75 Å². The molecule has 1 aromatic carbocycles. The second kappa shape index (κ2) is 7.69. The van der Waals surface area contributed by atoms with Crippen LogP contribution < -0.4 is 15.5 Å². The van der Waals surface area contributed by atoms with Gasteiger partial charge in [-0.1, -0.05) is 30.3 Å². The standard InChI is InChI=1S/C20H18N4O3S/c1-23-8-7-16(25)18(27-13-14-5-3-2-4-6-14)17(23)19(26)21-11-15-12-24-9-10-28-20(24)22-15/h2-10,12H,11,13H2,1H3,(H,21,26). The van der Waals surface area contributed by atoms with Crippen molar-refractivity contribution < 1.29 is 9.53 Å². The van der Waals surface area contributed by atoms with Crippen LogP contribution in [0.1, 0.15) is 21.7 Å². The molecule has 0 spiro atoms. The first kappa shape index (κ1) is 18.0. The van der Waals surface area contributed by atoms with Gasteiger partial charge in [0.1, 0.15) is 6.61 Å². The van der Waals surface area contributed by atoms with Crippen LogP contribution in [0.25, 0.3) is 4.96 Å². The summed E-state index contributed by atoms with van der Waals surface area (Å²) in [5.41, 5.74) is 1.51. The van der Waals surface area contributed by atoms with Gasteiger partial charge in [0.05, 0.1) is 12.2 Å². The van der Waals surface area contributed by atoms with Crippen LogP contribution in [0.15, 0.2) is 65.2 Å². The van der Waals surface area contributed by atoms with E-state index in [0.29, 0.717) is 0 Å². The van der Waals surface area contributed by atoms with E-state index in [9.17, 15) is 9.59 Å². The van der Waals surface area contributed by atoms with Crippen molar-refractivity contribution >= 4 is 22.2 Å². The van der Waals surface area contributed by atoms with Crippen LogP contribution in [-0.2, 0) is 20.2 Å². The fourth-order valence-corrected chi connectivity index (χ4v) is 3.57. The molecule has 0 atom stereocenters. The minimum absolute atomic E-state index is 0.0391. The van der Waals surface area contributed by atoms with Crippen LogP contribution in [0.3, 0.4) is 0 Å². The highest BCUT2D eigenvalue weighted by molar-refractivity contribution is 7.15. The number of thiazole rings is 1. The summed E-state index contributed by atoms with van der Waals surface area (Å²) >= 11 is 1.52. The van der Waals surface area contributed by atoms with Crippen LogP contribution >= 0.6 is 11.3 Å². The molecule has 0 bridgehead atoms. The third-order valence-electron chi connectivity index (χ3n) is 4.26. The van der Waals surface area contributed by atoms with Crippen LogP contribution in [-0.4, -0.2) is 19.9 Å². The Balaban J connectivity index is 1.53. The lowest BCUT2D eigenvalue weighted by Gasteiger charge is -2.14. The Hall–Kier alpha value is -3.39. The van der Waals surface area contributed by atoms with Crippen molar-refractivity contribution in [1.29, 1.82) is 0 Å². The predicted molar refractivity (Wildman–Crippen MR) is 107 cm³/mol. The molecule has 0 radical (unpaired) electrons. The third-order valence-corrected chi connectivity index (χ3v) is 5.03. The van der Waals surface area contributed by atoms with Gasteiger partial charge in [-0.15, -0.1) is 11.3 Å². The highest BCUT2D eigenvalue weighted by Gasteiger charge is 2.19. The lowest BCUT2D eigenvalue weighted by atomic mass is 10.2. The largest absolute Gasteiger partial charge is 0.483 e. The molecule has 0 fully saturated rings. The second-order valence-corrected chi connectivity index (χ2v) is 7.12. The topological polar surface area (TPSA) is 77.6 Å². The van der Waals surface area contributed by atoms with Gasteiger partial charge >= 0.3 is 0 Å². The minimum Gasteiger partial charge on any atom is -0.483 e. The molecule has 0 saturated heterocycles. The molecule has 8 heteroatoms. The number of rotatable bonds is 6. The summed E-state index contributed by atoms with van der Waals surface area (Å²) in [6.07, 6.45) is 5.33. The molecule has 28 heavy (non-hydrogen) atoms. The number of fused-ring (bicyclic) bond motifs is 1. The Morgan fingerprint density at radius 1 is 1.21 bits per heavy atom. The van der Waals surface area contributed by atoms with E-state index in [1.165, 1.54) is 17.4 Å². The number of nitrogens with zero attached hydrogens (tertiary/aromatic N) is 3. The maximum atomic E-state index is 12.8. The summed E-state index contributed by atoms with van der Waals surface area (Å²) in [4.78, 5) is 30.4. The van der Waals surface area contributed by atoms with Crippen LogP contribution in [0.2, 0.25) is 0 Å². The summed E-state index contributed by atoms with van der Waals surface area (Å²) in [5, 5.41) is 4.77. The number of nitrogens with one attached hydrogen (secondary N) is 1. The van der Waals surface area contributed by atoms with Crippen LogP contribution in [0.5, 0.6) is 5.75 Å². The van der Waals surface area contributed by atoms with E-state index in [2.05, 4.69) is 10.3 Å². The molecule has 0 aliphatic heterocycles. The van der Waals surface area contributed by atoms with Crippen molar-refractivity contribution in [3.63, 3.8) is 0 Å². The molecule has 0 aliphatic carbocycles. The number of hydrogen-bond donors (Lipinski definition) is 1. The fourth-order valence-electron chi connectivity index (χ4n) is 2.85. The number of benzene rings is 1. The van der Waals surface area contributed by atoms with E-state index in [0.717, 1.165) is 16.2 Å². The van der Waals surface area contributed by atoms with Crippen LogP contribution in [0, 0.1) is 0 Å². The molecule has 3 aromatic heterocycles. The first-order chi connectivity index (χ1) is 13.6. The van der Waals surface area contributed by atoms with E-state index in [1.54, 1.807) is 17.8 Å². The van der Waals surface area contributed by atoms with Crippen LogP contribution in [0.4, 0.5) is 0 Å². The molecule has 0 unspecified atom stereocenters. The summed E-state index contributed by atoms with van der Waals surface area (Å²) in [5.74, 6) is -0.350.